The van der Waals surface area contributed by atoms with Crippen LogP contribution < -0.4 is 10.2 Å². The van der Waals surface area contributed by atoms with Crippen molar-refractivity contribution in [2.24, 2.45) is 5.92 Å². The highest BCUT2D eigenvalue weighted by atomic mass is 16.4. The van der Waals surface area contributed by atoms with Crippen LogP contribution in [0, 0.1) is 5.92 Å². The molecule has 0 saturated carbocycles. The van der Waals surface area contributed by atoms with Gasteiger partial charge >= 0.3 is 0 Å². The van der Waals surface area contributed by atoms with Crippen LogP contribution in [0.3, 0.4) is 0 Å². The average Bonchev–Trinajstić information content (AvgIpc) is 3.31. The molecule has 1 amide bonds. The monoisotopic (exact) mass is 361 g/mol. The van der Waals surface area contributed by atoms with E-state index in [0.717, 1.165) is 48.1 Å². The van der Waals surface area contributed by atoms with E-state index in [4.69, 9.17) is 4.42 Å². The summed E-state index contributed by atoms with van der Waals surface area (Å²) in [5.74, 6) is 0.465. The van der Waals surface area contributed by atoms with Gasteiger partial charge in [-0.05, 0) is 37.1 Å². The Morgan fingerprint density at radius 2 is 1.78 bits per heavy atom. The number of aromatic nitrogens is 3. The third kappa shape index (κ3) is 3.01. The number of imidazole rings is 1. The minimum absolute atomic E-state index is 0.00581. The van der Waals surface area contributed by atoms with E-state index in [2.05, 4.69) is 25.2 Å². The number of hydrogen-bond donors (Lipinski definition) is 2. The third-order valence-electron chi connectivity index (χ3n) is 5.05. The second kappa shape index (κ2) is 6.42. The molecule has 2 aromatic carbocycles. The summed E-state index contributed by atoms with van der Waals surface area (Å²) in [5, 5.41) is 2.91. The molecule has 1 fully saturated rings. The number of nitrogens with zero attached hydrogens (tertiary/aromatic N) is 3. The Kier molecular flexibility index (Phi) is 3.78. The molecule has 5 rings (SSSR count). The molecule has 0 spiro atoms. The molecule has 2 aromatic heterocycles. The van der Waals surface area contributed by atoms with Crippen molar-refractivity contribution in [1.29, 1.82) is 0 Å². The Bertz CT molecular complexity index is 1040. The molecular formula is C20H19N5O2. The van der Waals surface area contributed by atoms with Crippen LogP contribution in [0.5, 0.6) is 0 Å². The summed E-state index contributed by atoms with van der Waals surface area (Å²) in [6, 6.07) is 16.1. The molecule has 4 aromatic rings. The van der Waals surface area contributed by atoms with Gasteiger partial charge in [0.25, 0.3) is 6.01 Å². The number of hydrogen-bond acceptors (Lipinski definition) is 5. The van der Waals surface area contributed by atoms with Crippen LogP contribution in [-0.2, 0) is 4.79 Å². The predicted octanol–water partition coefficient (Wildman–Crippen LogP) is 3.56. The quantitative estimate of drug-likeness (QED) is 0.583. The molecular weight excluding hydrogens is 342 g/mol. The number of para-hydroxylation sites is 4. The fourth-order valence-corrected chi connectivity index (χ4v) is 3.56. The van der Waals surface area contributed by atoms with Gasteiger partial charge in [-0.15, -0.1) is 0 Å². The summed E-state index contributed by atoms with van der Waals surface area (Å²) >= 11 is 0. The average molecular weight is 361 g/mol. The highest BCUT2D eigenvalue weighted by Gasteiger charge is 2.27. The molecule has 1 saturated heterocycles. The number of carbonyl (C=O) groups excluding carboxylic acids is 1. The van der Waals surface area contributed by atoms with Crippen molar-refractivity contribution in [3.8, 4) is 0 Å². The van der Waals surface area contributed by atoms with Gasteiger partial charge in [0, 0.05) is 19.0 Å². The fraction of sp³-hybridized carbons (Fsp3) is 0.250. The number of carbonyl (C=O) groups is 1. The zero-order valence-electron chi connectivity index (χ0n) is 14.7. The van der Waals surface area contributed by atoms with Crippen LogP contribution in [-0.4, -0.2) is 33.9 Å². The number of piperidine rings is 1. The number of nitrogens with one attached hydrogen (secondary N) is 2. The molecule has 0 atom stereocenters. The topological polar surface area (TPSA) is 87.0 Å². The van der Waals surface area contributed by atoms with E-state index in [9.17, 15) is 4.79 Å². The molecule has 1 aliphatic heterocycles. The molecule has 0 unspecified atom stereocenters. The maximum Gasteiger partial charge on any atom is 0.298 e. The Hall–Kier alpha value is -3.35. The lowest BCUT2D eigenvalue weighted by Gasteiger charge is -2.29. The first kappa shape index (κ1) is 15.9. The molecule has 3 heterocycles. The van der Waals surface area contributed by atoms with Crippen LogP contribution in [0.4, 0.5) is 12.0 Å². The first-order valence-corrected chi connectivity index (χ1v) is 9.12. The Labute approximate surface area is 155 Å². The highest BCUT2D eigenvalue weighted by molar-refractivity contribution is 5.92. The summed E-state index contributed by atoms with van der Waals surface area (Å²) in [4.78, 5) is 26.8. The minimum atomic E-state index is -0.0427. The lowest BCUT2D eigenvalue weighted by Crippen LogP contribution is -2.38. The van der Waals surface area contributed by atoms with E-state index in [1.165, 1.54) is 0 Å². The first-order chi connectivity index (χ1) is 13.3. The number of rotatable bonds is 3. The van der Waals surface area contributed by atoms with Gasteiger partial charge in [0.2, 0.25) is 11.9 Å². The van der Waals surface area contributed by atoms with Crippen molar-refractivity contribution >= 4 is 40.0 Å². The zero-order valence-corrected chi connectivity index (χ0v) is 14.7. The van der Waals surface area contributed by atoms with Gasteiger partial charge in [0.1, 0.15) is 5.52 Å². The number of benzene rings is 2. The second-order valence-corrected chi connectivity index (χ2v) is 6.82. The zero-order chi connectivity index (χ0) is 18.2. The number of H-pyrrole nitrogens is 1. The lowest BCUT2D eigenvalue weighted by molar-refractivity contribution is -0.120. The van der Waals surface area contributed by atoms with Crippen molar-refractivity contribution in [2.75, 3.05) is 23.3 Å². The van der Waals surface area contributed by atoms with Gasteiger partial charge < -0.3 is 14.3 Å². The van der Waals surface area contributed by atoms with Crippen LogP contribution >= 0.6 is 0 Å². The molecule has 0 aliphatic carbocycles. The Balaban J connectivity index is 1.23. The Morgan fingerprint density at radius 3 is 2.56 bits per heavy atom. The van der Waals surface area contributed by atoms with Crippen LogP contribution in [0.25, 0.3) is 22.1 Å². The molecule has 7 heteroatoms. The SMILES string of the molecule is O=C(Nc1nc2ccccc2[nH]1)C1CCN(c2nc3ccccc3o2)CC1. The summed E-state index contributed by atoms with van der Waals surface area (Å²) < 4.78 is 5.83. The lowest BCUT2D eigenvalue weighted by atomic mass is 9.96. The molecule has 2 N–H and O–H groups in total. The second-order valence-electron chi connectivity index (χ2n) is 6.82. The smallest absolute Gasteiger partial charge is 0.298 e. The summed E-state index contributed by atoms with van der Waals surface area (Å²) in [6.07, 6.45) is 1.51. The van der Waals surface area contributed by atoms with E-state index in [1.807, 2.05) is 48.5 Å². The van der Waals surface area contributed by atoms with Crippen molar-refractivity contribution in [1.82, 2.24) is 15.0 Å². The van der Waals surface area contributed by atoms with Gasteiger partial charge in [-0.25, -0.2) is 4.98 Å². The minimum Gasteiger partial charge on any atom is -0.423 e. The maximum atomic E-state index is 12.6. The third-order valence-corrected chi connectivity index (χ3v) is 5.05. The molecule has 1 aliphatic rings. The van der Waals surface area contributed by atoms with Gasteiger partial charge in [-0.1, -0.05) is 24.3 Å². The van der Waals surface area contributed by atoms with E-state index in [1.54, 1.807) is 0 Å². The van der Waals surface area contributed by atoms with Crippen LogP contribution in [0.2, 0.25) is 0 Å². The summed E-state index contributed by atoms with van der Waals surface area (Å²) in [5.41, 5.74) is 3.41. The van der Waals surface area contributed by atoms with Gasteiger partial charge in [-0.2, -0.15) is 4.98 Å². The fourth-order valence-electron chi connectivity index (χ4n) is 3.56. The molecule has 27 heavy (non-hydrogen) atoms. The van der Waals surface area contributed by atoms with E-state index in [0.29, 0.717) is 12.0 Å². The van der Waals surface area contributed by atoms with Crippen molar-refractivity contribution in [3.63, 3.8) is 0 Å². The van der Waals surface area contributed by atoms with Gasteiger partial charge in [0.15, 0.2) is 5.58 Å². The molecule has 7 nitrogen and oxygen atoms in total. The molecule has 0 radical (unpaired) electrons. The molecule has 136 valence electrons. The standard InChI is InChI=1S/C20H19N5O2/c26-18(24-19-21-14-5-1-2-6-15(14)22-19)13-9-11-25(12-10-13)20-23-16-7-3-4-8-17(16)27-20/h1-8,13H,9-12H2,(H2,21,22,24,26). The number of oxazole rings is 1. The number of amides is 1. The van der Waals surface area contributed by atoms with E-state index < -0.39 is 0 Å². The van der Waals surface area contributed by atoms with Crippen molar-refractivity contribution < 1.29 is 9.21 Å². The highest BCUT2D eigenvalue weighted by Crippen LogP contribution is 2.27. The number of fused-ring (bicyclic) bond motifs is 2. The number of anilines is 2. The summed E-state index contributed by atoms with van der Waals surface area (Å²) in [6.45, 7) is 1.48. The van der Waals surface area contributed by atoms with Crippen LogP contribution in [0.15, 0.2) is 52.9 Å². The predicted molar refractivity (Wildman–Crippen MR) is 104 cm³/mol. The van der Waals surface area contributed by atoms with Crippen molar-refractivity contribution in [2.45, 2.75) is 12.8 Å². The maximum absolute atomic E-state index is 12.6. The number of aromatic amines is 1. The van der Waals surface area contributed by atoms with Gasteiger partial charge in [0.05, 0.1) is 11.0 Å². The largest absolute Gasteiger partial charge is 0.423 e. The van der Waals surface area contributed by atoms with Crippen LogP contribution in [0.1, 0.15) is 12.8 Å². The summed E-state index contributed by atoms with van der Waals surface area (Å²) in [7, 11) is 0. The first-order valence-electron chi connectivity index (χ1n) is 9.12. The van der Waals surface area contributed by atoms with Crippen molar-refractivity contribution in [3.05, 3.63) is 48.5 Å². The Morgan fingerprint density at radius 1 is 1.04 bits per heavy atom. The molecule has 0 bridgehead atoms. The normalized spacial score (nSPS) is 15.5. The van der Waals surface area contributed by atoms with E-state index >= 15 is 0 Å². The van der Waals surface area contributed by atoms with E-state index in [-0.39, 0.29) is 11.8 Å². The van der Waals surface area contributed by atoms with Gasteiger partial charge in [-0.3, -0.25) is 10.1 Å².